The number of hydrogen-bond donors (Lipinski definition) is 0. The second-order valence-electron chi connectivity index (χ2n) is 5.81. The van der Waals surface area contributed by atoms with E-state index in [1.807, 2.05) is 6.07 Å². The fourth-order valence-electron chi connectivity index (χ4n) is 3.11. The Morgan fingerprint density at radius 2 is 2.00 bits per heavy atom. The first kappa shape index (κ1) is 14.8. The van der Waals surface area contributed by atoms with E-state index in [0.717, 1.165) is 30.9 Å². The zero-order valence-corrected chi connectivity index (χ0v) is 13.2. The largest absolute Gasteiger partial charge is 0.327 e. The van der Waals surface area contributed by atoms with Crippen molar-refractivity contribution in [2.24, 2.45) is 0 Å². The SMILES string of the molecule is Cc1cc2c(cc1F)nc(CCl)n2CCCN1CCCC1. The Morgan fingerprint density at radius 1 is 1.24 bits per heavy atom. The minimum Gasteiger partial charge on any atom is -0.327 e. The van der Waals surface area contributed by atoms with Crippen LogP contribution in [0.3, 0.4) is 0 Å². The number of aryl methyl sites for hydroxylation is 2. The van der Waals surface area contributed by atoms with E-state index < -0.39 is 0 Å². The monoisotopic (exact) mass is 309 g/mol. The van der Waals surface area contributed by atoms with E-state index in [2.05, 4.69) is 14.5 Å². The summed E-state index contributed by atoms with van der Waals surface area (Å²) in [4.78, 5) is 6.97. The van der Waals surface area contributed by atoms with Gasteiger partial charge in [-0.3, -0.25) is 0 Å². The average molecular weight is 310 g/mol. The van der Waals surface area contributed by atoms with Gasteiger partial charge in [-0.2, -0.15) is 0 Å². The molecule has 114 valence electrons. The summed E-state index contributed by atoms with van der Waals surface area (Å²) in [6.45, 7) is 6.23. The number of nitrogens with zero attached hydrogens (tertiary/aromatic N) is 3. The maximum absolute atomic E-state index is 13.7. The van der Waals surface area contributed by atoms with Gasteiger partial charge in [0.15, 0.2) is 0 Å². The topological polar surface area (TPSA) is 21.1 Å². The standard InChI is InChI=1S/C16H21ClFN3/c1-12-9-15-14(10-13(12)18)19-16(11-17)21(15)8-4-7-20-5-2-3-6-20/h9-10H,2-8,11H2,1H3. The number of rotatable bonds is 5. The first-order valence-corrected chi connectivity index (χ1v) is 8.16. The summed E-state index contributed by atoms with van der Waals surface area (Å²) in [5.74, 6) is 0.988. The van der Waals surface area contributed by atoms with Crippen LogP contribution in [0.15, 0.2) is 12.1 Å². The maximum Gasteiger partial charge on any atom is 0.128 e. The predicted octanol–water partition coefficient (Wildman–Crippen LogP) is 3.71. The molecule has 0 spiro atoms. The molecule has 1 fully saturated rings. The molecule has 0 saturated carbocycles. The molecule has 5 heteroatoms. The molecule has 21 heavy (non-hydrogen) atoms. The van der Waals surface area contributed by atoms with E-state index in [1.165, 1.54) is 32.0 Å². The highest BCUT2D eigenvalue weighted by Crippen LogP contribution is 2.22. The number of benzene rings is 1. The third-order valence-corrected chi connectivity index (χ3v) is 4.52. The number of alkyl halides is 1. The first-order chi connectivity index (χ1) is 10.2. The Labute approximate surface area is 129 Å². The molecule has 1 saturated heterocycles. The lowest BCUT2D eigenvalue weighted by atomic mass is 10.2. The van der Waals surface area contributed by atoms with Gasteiger partial charge in [0.1, 0.15) is 11.6 Å². The summed E-state index contributed by atoms with van der Waals surface area (Å²) in [6, 6.07) is 3.39. The van der Waals surface area contributed by atoms with E-state index in [1.54, 1.807) is 6.92 Å². The second-order valence-corrected chi connectivity index (χ2v) is 6.07. The highest BCUT2D eigenvalue weighted by atomic mass is 35.5. The van der Waals surface area contributed by atoms with Crippen molar-refractivity contribution in [3.63, 3.8) is 0 Å². The fourth-order valence-corrected chi connectivity index (χ4v) is 3.31. The Bertz CT molecular complexity index is 632. The molecular formula is C16H21ClFN3. The van der Waals surface area contributed by atoms with Gasteiger partial charge < -0.3 is 9.47 Å². The van der Waals surface area contributed by atoms with Crippen LogP contribution in [0.5, 0.6) is 0 Å². The minimum atomic E-state index is -0.203. The van der Waals surface area contributed by atoms with Crippen LogP contribution in [0.2, 0.25) is 0 Å². The number of fused-ring (bicyclic) bond motifs is 1. The van der Waals surface area contributed by atoms with Crippen molar-refractivity contribution in [1.82, 2.24) is 14.5 Å². The predicted molar refractivity (Wildman–Crippen MR) is 84.3 cm³/mol. The summed E-state index contributed by atoms with van der Waals surface area (Å²) in [5, 5.41) is 0. The van der Waals surface area contributed by atoms with Crippen LogP contribution in [-0.2, 0) is 12.4 Å². The van der Waals surface area contributed by atoms with Gasteiger partial charge in [0, 0.05) is 12.6 Å². The Balaban J connectivity index is 1.80. The molecule has 3 rings (SSSR count). The molecule has 0 amide bonds. The van der Waals surface area contributed by atoms with Crippen molar-refractivity contribution in [3.8, 4) is 0 Å². The lowest BCUT2D eigenvalue weighted by molar-refractivity contribution is 0.325. The fraction of sp³-hybridized carbons (Fsp3) is 0.562. The van der Waals surface area contributed by atoms with Gasteiger partial charge in [-0.1, -0.05) is 0 Å². The lowest BCUT2D eigenvalue weighted by Gasteiger charge is -2.15. The summed E-state index contributed by atoms with van der Waals surface area (Å²) >= 11 is 6.00. The number of imidazole rings is 1. The average Bonchev–Trinajstić information content (AvgIpc) is 3.08. The molecule has 1 aromatic carbocycles. The normalized spacial score (nSPS) is 16.1. The quantitative estimate of drug-likeness (QED) is 0.785. The number of likely N-dealkylation sites (tertiary alicyclic amines) is 1. The van der Waals surface area contributed by atoms with Gasteiger partial charge in [0.25, 0.3) is 0 Å². The Kier molecular flexibility index (Phi) is 4.45. The van der Waals surface area contributed by atoms with Crippen molar-refractivity contribution in [3.05, 3.63) is 29.3 Å². The maximum atomic E-state index is 13.7. The third kappa shape index (κ3) is 3.06. The zero-order valence-electron chi connectivity index (χ0n) is 12.4. The van der Waals surface area contributed by atoms with E-state index in [9.17, 15) is 4.39 Å². The molecule has 2 heterocycles. The molecule has 0 N–H and O–H groups in total. The number of hydrogen-bond acceptors (Lipinski definition) is 2. The van der Waals surface area contributed by atoms with Gasteiger partial charge in [0.05, 0.1) is 16.9 Å². The van der Waals surface area contributed by atoms with Crippen LogP contribution in [-0.4, -0.2) is 34.1 Å². The van der Waals surface area contributed by atoms with Gasteiger partial charge in [-0.05, 0) is 57.5 Å². The molecule has 0 bridgehead atoms. The number of aromatic nitrogens is 2. The van der Waals surface area contributed by atoms with Crippen molar-refractivity contribution >= 4 is 22.6 Å². The van der Waals surface area contributed by atoms with E-state index in [-0.39, 0.29) is 5.82 Å². The van der Waals surface area contributed by atoms with Gasteiger partial charge in [0.2, 0.25) is 0 Å². The Hall–Kier alpha value is -1.13. The molecule has 0 unspecified atom stereocenters. The molecule has 3 nitrogen and oxygen atoms in total. The van der Waals surface area contributed by atoms with Crippen molar-refractivity contribution in [2.75, 3.05) is 19.6 Å². The summed E-state index contributed by atoms with van der Waals surface area (Å²) in [6.07, 6.45) is 3.71. The molecular weight excluding hydrogens is 289 g/mol. The van der Waals surface area contributed by atoms with Crippen molar-refractivity contribution in [1.29, 1.82) is 0 Å². The van der Waals surface area contributed by atoms with Crippen LogP contribution >= 0.6 is 11.6 Å². The van der Waals surface area contributed by atoms with Gasteiger partial charge in [-0.15, -0.1) is 11.6 Å². The van der Waals surface area contributed by atoms with E-state index >= 15 is 0 Å². The van der Waals surface area contributed by atoms with E-state index in [0.29, 0.717) is 17.0 Å². The lowest BCUT2D eigenvalue weighted by Crippen LogP contribution is -2.21. The van der Waals surface area contributed by atoms with Crippen molar-refractivity contribution < 1.29 is 4.39 Å². The molecule has 2 aromatic rings. The molecule has 0 aliphatic carbocycles. The number of halogens is 2. The Morgan fingerprint density at radius 3 is 2.71 bits per heavy atom. The highest BCUT2D eigenvalue weighted by Gasteiger charge is 2.14. The molecule has 1 aromatic heterocycles. The molecule has 1 aliphatic rings. The summed E-state index contributed by atoms with van der Waals surface area (Å²) < 4.78 is 15.8. The van der Waals surface area contributed by atoms with Crippen LogP contribution < -0.4 is 0 Å². The van der Waals surface area contributed by atoms with Crippen LogP contribution in [0.1, 0.15) is 30.7 Å². The first-order valence-electron chi connectivity index (χ1n) is 7.62. The second kappa shape index (κ2) is 6.32. The molecule has 0 radical (unpaired) electrons. The van der Waals surface area contributed by atoms with Crippen LogP contribution in [0.25, 0.3) is 11.0 Å². The molecule has 1 aliphatic heterocycles. The summed E-state index contributed by atoms with van der Waals surface area (Å²) in [7, 11) is 0. The van der Waals surface area contributed by atoms with Gasteiger partial charge >= 0.3 is 0 Å². The van der Waals surface area contributed by atoms with Crippen molar-refractivity contribution in [2.45, 2.75) is 38.6 Å². The highest BCUT2D eigenvalue weighted by molar-refractivity contribution is 6.16. The molecule has 0 atom stereocenters. The van der Waals surface area contributed by atoms with E-state index in [4.69, 9.17) is 11.6 Å². The third-order valence-electron chi connectivity index (χ3n) is 4.28. The zero-order chi connectivity index (χ0) is 14.8. The van der Waals surface area contributed by atoms with Gasteiger partial charge in [-0.25, -0.2) is 9.37 Å². The smallest absolute Gasteiger partial charge is 0.128 e. The van der Waals surface area contributed by atoms with Crippen LogP contribution in [0, 0.1) is 12.7 Å². The summed E-state index contributed by atoms with van der Waals surface area (Å²) in [5.41, 5.74) is 2.35. The minimum absolute atomic E-state index is 0.203. The van der Waals surface area contributed by atoms with Crippen LogP contribution in [0.4, 0.5) is 4.39 Å².